The number of rotatable bonds is 5. The summed E-state index contributed by atoms with van der Waals surface area (Å²) in [6.45, 7) is 2.56. The van der Waals surface area contributed by atoms with Crippen molar-refractivity contribution in [2.75, 3.05) is 6.54 Å². The summed E-state index contributed by atoms with van der Waals surface area (Å²) < 4.78 is 0.935. The van der Waals surface area contributed by atoms with Gasteiger partial charge in [0.05, 0.1) is 0 Å². The van der Waals surface area contributed by atoms with Crippen LogP contribution in [0.5, 0.6) is 0 Å². The Hall–Kier alpha value is -1.36. The maximum Gasteiger partial charge on any atom is 0.251 e. The smallest absolute Gasteiger partial charge is 0.251 e. The standard InChI is InChI=1S/C17H23BrN2O2/c1-12-4-2-3-5-15(12)20-16(21)10-11-19-17(22)13-6-8-14(18)9-7-13/h6-9,12,15H,2-5,10-11H2,1H3,(H,19,22)(H,20,21)/t12-,15-/m1/s1. The molecule has 0 bridgehead atoms. The van der Waals surface area contributed by atoms with Crippen LogP contribution in [0.3, 0.4) is 0 Å². The highest BCUT2D eigenvalue weighted by molar-refractivity contribution is 9.10. The van der Waals surface area contributed by atoms with E-state index in [4.69, 9.17) is 0 Å². The summed E-state index contributed by atoms with van der Waals surface area (Å²) >= 11 is 3.33. The normalized spacial score (nSPS) is 21.2. The van der Waals surface area contributed by atoms with Crippen LogP contribution in [0.1, 0.15) is 49.4 Å². The van der Waals surface area contributed by atoms with Gasteiger partial charge in [-0.3, -0.25) is 9.59 Å². The molecule has 0 radical (unpaired) electrons. The predicted octanol–water partition coefficient (Wildman–Crippen LogP) is 3.26. The Bertz CT molecular complexity index is 516. The quantitative estimate of drug-likeness (QED) is 0.839. The Morgan fingerprint density at radius 3 is 2.55 bits per heavy atom. The minimum Gasteiger partial charge on any atom is -0.353 e. The minimum atomic E-state index is -0.147. The molecule has 2 N–H and O–H groups in total. The largest absolute Gasteiger partial charge is 0.353 e. The van der Waals surface area contributed by atoms with E-state index in [2.05, 4.69) is 33.5 Å². The van der Waals surface area contributed by atoms with Crippen molar-refractivity contribution in [1.82, 2.24) is 10.6 Å². The average Bonchev–Trinajstić information content (AvgIpc) is 2.50. The number of hydrogen-bond acceptors (Lipinski definition) is 2. The van der Waals surface area contributed by atoms with Crippen LogP contribution in [0.2, 0.25) is 0 Å². The zero-order valence-corrected chi connectivity index (χ0v) is 14.5. The van der Waals surface area contributed by atoms with E-state index in [0.29, 0.717) is 30.5 Å². The summed E-state index contributed by atoms with van der Waals surface area (Å²) in [6.07, 6.45) is 5.03. The van der Waals surface area contributed by atoms with Crippen molar-refractivity contribution in [3.63, 3.8) is 0 Å². The molecule has 0 heterocycles. The molecule has 1 aromatic rings. The van der Waals surface area contributed by atoms with E-state index in [0.717, 1.165) is 10.9 Å². The molecule has 0 aromatic heterocycles. The van der Waals surface area contributed by atoms with Crippen LogP contribution < -0.4 is 10.6 Å². The number of benzene rings is 1. The molecular weight excluding hydrogens is 344 g/mol. The monoisotopic (exact) mass is 366 g/mol. The molecule has 0 saturated heterocycles. The van der Waals surface area contributed by atoms with Crippen LogP contribution in [-0.2, 0) is 4.79 Å². The summed E-state index contributed by atoms with van der Waals surface area (Å²) in [5.74, 6) is 0.427. The van der Waals surface area contributed by atoms with Gasteiger partial charge in [0.1, 0.15) is 0 Å². The molecule has 0 aliphatic heterocycles. The fourth-order valence-electron chi connectivity index (χ4n) is 2.80. The van der Waals surface area contributed by atoms with Crippen molar-refractivity contribution in [3.05, 3.63) is 34.3 Å². The van der Waals surface area contributed by atoms with Gasteiger partial charge in [-0.1, -0.05) is 35.7 Å². The number of carbonyl (C=O) groups is 2. The Labute approximate surface area is 140 Å². The van der Waals surface area contributed by atoms with E-state index in [1.165, 1.54) is 19.3 Å². The molecule has 22 heavy (non-hydrogen) atoms. The summed E-state index contributed by atoms with van der Waals surface area (Å²) in [4.78, 5) is 23.9. The number of carbonyl (C=O) groups excluding carboxylic acids is 2. The first-order chi connectivity index (χ1) is 10.6. The predicted molar refractivity (Wildman–Crippen MR) is 90.7 cm³/mol. The van der Waals surface area contributed by atoms with Crippen molar-refractivity contribution in [3.8, 4) is 0 Å². The van der Waals surface area contributed by atoms with Crippen LogP contribution in [0, 0.1) is 5.92 Å². The van der Waals surface area contributed by atoms with Gasteiger partial charge in [-0.25, -0.2) is 0 Å². The lowest BCUT2D eigenvalue weighted by Gasteiger charge is -2.29. The van der Waals surface area contributed by atoms with E-state index < -0.39 is 0 Å². The van der Waals surface area contributed by atoms with Crippen LogP contribution in [0.4, 0.5) is 0 Å². The highest BCUT2D eigenvalue weighted by atomic mass is 79.9. The Balaban J connectivity index is 1.70. The van der Waals surface area contributed by atoms with E-state index in [9.17, 15) is 9.59 Å². The molecule has 1 aromatic carbocycles. The fraction of sp³-hybridized carbons (Fsp3) is 0.529. The van der Waals surface area contributed by atoms with Crippen molar-refractivity contribution < 1.29 is 9.59 Å². The second-order valence-electron chi connectivity index (χ2n) is 5.95. The molecule has 1 aliphatic carbocycles. The molecular formula is C17H23BrN2O2. The van der Waals surface area contributed by atoms with Crippen molar-refractivity contribution in [2.24, 2.45) is 5.92 Å². The van der Waals surface area contributed by atoms with E-state index in [1.54, 1.807) is 12.1 Å². The molecule has 1 saturated carbocycles. The van der Waals surface area contributed by atoms with Crippen LogP contribution in [0.15, 0.2) is 28.7 Å². The van der Waals surface area contributed by atoms with Crippen molar-refractivity contribution >= 4 is 27.7 Å². The molecule has 120 valence electrons. The maximum absolute atomic E-state index is 12.0. The zero-order chi connectivity index (χ0) is 15.9. The summed E-state index contributed by atoms with van der Waals surface area (Å²) in [7, 11) is 0. The Kier molecular flexibility index (Phi) is 6.43. The maximum atomic E-state index is 12.0. The Morgan fingerprint density at radius 2 is 1.86 bits per heavy atom. The van der Waals surface area contributed by atoms with Gasteiger partial charge in [0.25, 0.3) is 5.91 Å². The van der Waals surface area contributed by atoms with Gasteiger partial charge in [-0.15, -0.1) is 0 Å². The van der Waals surface area contributed by atoms with E-state index in [-0.39, 0.29) is 11.8 Å². The lowest BCUT2D eigenvalue weighted by molar-refractivity contribution is -0.122. The fourth-order valence-corrected chi connectivity index (χ4v) is 3.07. The molecule has 4 nitrogen and oxygen atoms in total. The third-order valence-electron chi connectivity index (χ3n) is 4.20. The molecule has 2 amide bonds. The van der Waals surface area contributed by atoms with Gasteiger partial charge < -0.3 is 10.6 Å². The average molecular weight is 367 g/mol. The van der Waals surface area contributed by atoms with E-state index >= 15 is 0 Å². The first-order valence-corrected chi connectivity index (χ1v) is 8.68. The summed E-state index contributed by atoms with van der Waals surface area (Å²) in [5.41, 5.74) is 0.601. The van der Waals surface area contributed by atoms with Crippen molar-refractivity contribution in [1.29, 1.82) is 0 Å². The molecule has 0 unspecified atom stereocenters. The second kappa shape index (κ2) is 8.32. The van der Waals surface area contributed by atoms with Crippen LogP contribution >= 0.6 is 15.9 Å². The third kappa shape index (κ3) is 5.13. The minimum absolute atomic E-state index is 0.0230. The first kappa shape index (κ1) is 17.0. The number of amides is 2. The van der Waals surface area contributed by atoms with Gasteiger partial charge in [0, 0.05) is 29.0 Å². The lowest BCUT2D eigenvalue weighted by Crippen LogP contribution is -2.42. The van der Waals surface area contributed by atoms with Crippen LogP contribution in [0.25, 0.3) is 0 Å². The SMILES string of the molecule is C[C@@H]1CCCC[C@H]1NC(=O)CCNC(=O)c1ccc(Br)cc1. The number of nitrogens with one attached hydrogen (secondary N) is 2. The van der Waals surface area contributed by atoms with Crippen LogP contribution in [-0.4, -0.2) is 24.4 Å². The van der Waals surface area contributed by atoms with Gasteiger partial charge >= 0.3 is 0 Å². The zero-order valence-electron chi connectivity index (χ0n) is 12.9. The van der Waals surface area contributed by atoms with E-state index in [1.807, 2.05) is 12.1 Å². The molecule has 2 atom stereocenters. The first-order valence-electron chi connectivity index (χ1n) is 7.89. The highest BCUT2D eigenvalue weighted by Crippen LogP contribution is 2.23. The van der Waals surface area contributed by atoms with Crippen molar-refractivity contribution in [2.45, 2.75) is 45.1 Å². The Morgan fingerprint density at radius 1 is 1.18 bits per heavy atom. The summed E-state index contributed by atoms with van der Waals surface area (Å²) in [6, 6.07) is 7.45. The molecule has 5 heteroatoms. The van der Waals surface area contributed by atoms with Gasteiger partial charge in [-0.2, -0.15) is 0 Å². The van der Waals surface area contributed by atoms with Gasteiger partial charge in [-0.05, 0) is 43.0 Å². The lowest BCUT2D eigenvalue weighted by atomic mass is 9.86. The number of hydrogen-bond donors (Lipinski definition) is 2. The highest BCUT2D eigenvalue weighted by Gasteiger charge is 2.22. The molecule has 1 fully saturated rings. The third-order valence-corrected chi connectivity index (χ3v) is 4.73. The molecule has 2 rings (SSSR count). The van der Waals surface area contributed by atoms with Gasteiger partial charge in [0.15, 0.2) is 0 Å². The molecule has 1 aliphatic rings. The second-order valence-corrected chi connectivity index (χ2v) is 6.86. The topological polar surface area (TPSA) is 58.2 Å². The molecule has 0 spiro atoms. The summed E-state index contributed by atoms with van der Waals surface area (Å²) in [5, 5.41) is 5.88. The van der Waals surface area contributed by atoms with Gasteiger partial charge in [0.2, 0.25) is 5.91 Å². The number of halogens is 1.